The van der Waals surface area contributed by atoms with Crippen LogP contribution in [0.15, 0.2) is 36.4 Å². The molecule has 0 saturated carbocycles. The fraction of sp³-hybridized carbons (Fsp3) is 0.409. The summed E-state index contributed by atoms with van der Waals surface area (Å²) >= 11 is 6.02. The van der Waals surface area contributed by atoms with Gasteiger partial charge in [-0.3, -0.25) is 4.90 Å². The molecule has 2 aromatic heterocycles. The largest absolute Gasteiger partial charge is 0.343 e. The van der Waals surface area contributed by atoms with E-state index in [0.717, 1.165) is 42.0 Å². The number of halogens is 2. The monoisotopic (exact) mass is 383 g/mol. The van der Waals surface area contributed by atoms with Crippen molar-refractivity contribution in [3.8, 4) is 0 Å². The first-order valence-electron chi connectivity index (χ1n) is 9.80. The van der Waals surface area contributed by atoms with Crippen molar-refractivity contribution in [2.45, 2.75) is 44.9 Å². The Balaban J connectivity index is 1.58. The fourth-order valence-electron chi connectivity index (χ4n) is 4.85. The second-order valence-corrected chi connectivity index (χ2v) is 8.07. The first kappa shape index (κ1) is 17.2. The summed E-state index contributed by atoms with van der Waals surface area (Å²) < 4.78 is 15.7. The van der Waals surface area contributed by atoms with Crippen LogP contribution in [0.3, 0.4) is 0 Å². The molecule has 0 aliphatic carbocycles. The van der Waals surface area contributed by atoms with E-state index in [1.807, 2.05) is 18.2 Å². The zero-order valence-electron chi connectivity index (χ0n) is 15.3. The van der Waals surface area contributed by atoms with E-state index >= 15 is 0 Å². The molecule has 3 nitrogen and oxygen atoms in total. The molecule has 1 aromatic carbocycles. The summed E-state index contributed by atoms with van der Waals surface area (Å²) in [5, 5.41) is 0.770. The smallest absolute Gasteiger partial charge is 0.131 e. The van der Waals surface area contributed by atoms with E-state index in [4.69, 9.17) is 16.6 Å². The van der Waals surface area contributed by atoms with Crippen LogP contribution in [-0.2, 0) is 26.1 Å². The van der Waals surface area contributed by atoms with Crippen LogP contribution in [0.1, 0.15) is 41.4 Å². The van der Waals surface area contributed by atoms with Crippen molar-refractivity contribution in [2.75, 3.05) is 13.1 Å². The van der Waals surface area contributed by atoms with Crippen LogP contribution in [0.2, 0.25) is 5.02 Å². The molecule has 1 unspecified atom stereocenters. The Hall–Kier alpha value is -1.91. The fourth-order valence-corrected chi connectivity index (χ4v) is 4.97. The van der Waals surface area contributed by atoms with E-state index in [9.17, 15) is 4.39 Å². The second-order valence-electron chi connectivity index (χ2n) is 7.64. The lowest BCUT2D eigenvalue weighted by atomic mass is 9.98. The Labute approximate surface area is 163 Å². The van der Waals surface area contributed by atoms with Crippen LogP contribution in [0.5, 0.6) is 0 Å². The highest BCUT2D eigenvalue weighted by atomic mass is 35.5. The normalized spacial score (nSPS) is 19.4. The number of hydrogen-bond donors (Lipinski definition) is 0. The van der Waals surface area contributed by atoms with E-state index in [1.165, 1.54) is 36.2 Å². The maximum absolute atomic E-state index is 13.3. The summed E-state index contributed by atoms with van der Waals surface area (Å²) in [6, 6.07) is 12.4. The summed E-state index contributed by atoms with van der Waals surface area (Å²) in [5.74, 6) is 0. The van der Waals surface area contributed by atoms with Gasteiger partial charge in [0.1, 0.15) is 6.67 Å². The molecular weight excluding hydrogens is 361 g/mol. The van der Waals surface area contributed by atoms with Gasteiger partial charge in [0.25, 0.3) is 0 Å². The van der Waals surface area contributed by atoms with E-state index in [-0.39, 0.29) is 0 Å². The number of fused-ring (bicyclic) bond motifs is 5. The summed E-state index contributed by atoms with van der Waals surface area (Å²) in [6.07, 6.45) is 4.43. The number of rotatable bonds is 4. The number of pyridine rings is 1. The third-order valence-electron chi connectivity index (χ3n) is 6.12. The zero-order chi connectivity index (χ0) is 18.4. The minimum absolute atomic E-state index is 0.454. The predicted octanol–water partition coefficient (Wildman–Crippen LogP) is 5.09. The Morgan fingerprint density at radius 2 is 1.96 bits per heavy atom. The van der Waals surface area contributed by atoms with Gasteiger partial charge in [-0.25, -0.2) is 9.37 Å². The van der Waals surface area contributed by atoms with Crippen LogP contribution in [0.25, 0.3) is 11.0 Å². The van der Waals surface area contributed by atoms with Gasteiger partial charge in [0.05, 0.1) is 16.7 Å². The third-order valence-corrected chi connectivity index (χ3v) is 6.37. The third kappa shape index (κ3) is 2.95. The van der Waals surface area contributed by atoms with Crippen molar-refractivity contribution in [2.24, 2.45) is 0 Å². The molecule has 5 heteroatoms. The molecule has 1 saturated heterocycles. The van der Waals surface area contributed by atoms with Gasteiger partial charge in [-0.1, -0.05) is 23.7 Å². The maximum Gasteiger partial charge on any atom is 0.131 e. The van der Waals surface area contributed by atoms with Gasteiger partial charge in [-0.15, -0.1) is 0 Å². The van der Waals surface area contributed by atoms with E-state index in [2.05, 4.69) is 27.7 Å². The van der Waals surface area contributed by atoms with Gasteiger partial charge in [-0.2, -0.15) is 0 Å². The summed E-state index contributed by atoms with van der Waals surface area (Å²) in [5.41, 5.74) is 6.76. The molecule has 0 amide bonds. The number of hydrogen-bond acceptors (Lipinski definition) is 2. The van der Waals surface area contributed by atoms with Gasteiger partial charge < -0.3 is 4.57 Å². The van der Waals surface area contributed by atoms with Crippen LogP contribution in [0, 0.1) is 0 Å². The molecule has 5 rings (SSSR count). The number of nitrogens with zero attached hydrogens (tertiary/aromatic N) is 3. The topological polar surface area (TPSA) is 21.1 Å². The molecule has 0 spiro atoms. The predicted molar refractivity (Wildman–Crippen MR) is 107 cm³/mol. The first-order valence-corrected chi connectivity index (χ1v) is 10.2. The van der Waals surface area contributed by atoms with Crippen molar-refractivity contribution < 1.29 is 4.39 Å². The zero-order valence-corrected chi connectivity index (χ0v) is 16.1. The van der Waals surface area contributed by atoms with Crippen molar-refractivity contribution in [3.05, 3.63) is 63.9 Å². The van der Waals surface area contributed by atoms with Crippen LogP contribution < -0.4 is 0 Å². The van der Waals surface area contributed by atoms with Gasteiger partial charge in [0, 0.05) is 41.8 Å². The molecule has 2 aliphatic heterocycles. The molecule has 3 aromatic rings. The van der Waals surface area contributed by atoms with E-state index in [0.29, 0.717) is 11.7 Å². The van der Waals surface area contributed by atoms with Crippen molar-refractivity contribution in [1.82, 2.24) is 14.5 Å². The lowest BCUT2D eigenvalue weighted by Crippen LogP contribution is -2.31. The molecule has 1 atom stereocenters. The molecule has 4 heterocycles. The van der Waals surface area contributed by atoms with Gasteiger partial charge in [0.15, 0.2) is 0 Å². The molecule has 140 valence electrons. The highest BCUT2D eigenvalue weighted by Crippen LogP contribution is 2.42. The number of aromatic nitrogens is 2. The number of benzene rings is 1. The number of alkyl halides is 1. The molecular formula is C22H23ClFN3. The molecule has 2 aliphatic rings. The quantitative estimate of drug-likeness (QED) is 0.625. The van der Waals surface area contributed by atoms with Crippen LogP contribution >= 0.6 is 11.6 Å². The SMILES string of the molecule is FCc1ccc2c(n1)c1c(n2CCc2ccc(Cl)cc2)CCN2CCCC12. The van der Waals surface area contributed by atoms with Crippen LogP contribution in [0.4, 0.5) is 4.39 Å². The Morgan fingerprint density at radius 1 is 1.11 bits per heavy atom. The summed E-state index contributed by atoms with van der Waals surface area (Å²) in [4.78, 5) is 7.29. The molecule has 0 bridgehead atoms. The van der Waals surface area contributed by atoms with Gasteiger partial charge >= 0.3 is 0 Å². The van der Waals surface area contributed by atoms with Gasteiger partial charge in [0.2, 0.25) is 0 Å². The maximum atomic E-state index is 13.3. The minimum atomic E-state index is -0.505. The average molecular weight is 384 g/mol. The highest BCUT2D eigenvalue weighted by molar-refractivity contribution is 6.30. The minimum Gasteiger partial charge on any atom is -0.343 e. The van der Waals surface area contributed by atoms with E-state index < -0.39 is 6.67 Å². The lowest BCUT2D eigenvalue weighted by molar-refractivity contribution is 0.241. The Kier molecular flexibility index (Phi) is 4.41. The highest BCUT2D eigenvalue weighted by Gasteiger charge is 2.35. The summed E-state index contributed by atoms with van der Waals surface area (Å²) in [7, 11) is 0. The molecule has 0 radical (unpaired) electrons. The Bertz CT molecular complexity index is 979. The standard InChI is InChI=1S/C22H23ClFN3/c23-16-5-3-15(4-6-16)9-13-27-19-10-12-26-11-1-2-18(26)21(19)22-20(27)8-7-17(14-24)25-22/h3-8,18H,1-2,9-14H2. The van der Waals surface area contributed by atoms with Crippen molar-refractivity contribution >= 4 is 22.6 Å². The van der Waals surface area contributed by atoms with Crippen molar-refractivity contribution in [3.63, 3.8) is 0 Å². The van der Waals surface area contributed by atoms with Crippen molar-refractivity contribution in [1.29, 1.82) is 0 Å². The lowest BCUT2D eigenvalue weighted by Gasteiger charge is -2.30. The molecule has 27 heavy (non-hydrogen) atoms. The summed E-state index contributed by atoms with van der Waals surface area (Å²) in [6.45, 7) is 2.70. The number of aryl methyl sites for hydroxylation is 2. The second kappa shape index (κ2) is 6.92. The first-order chi connectivity index (χ1) is 13.2. The Morgan fingerprint density at radius 3 is 2.78 bits per heavy atom. The molecule has 1 fully saturated rings. The average Bonchev–Trinajstić information content (AvgIpc) is 3.29. The van der Waals surface area contributed by atoms with Gasteiger partial charge in [-0.05, 0) is 55.6 Å². The van der Waals surface area contributed by atoms with Crippen LogP contribution in [-0.4, -0.2) is 27.5 Å². The molecule has 0 N–H and O–H groups in total. The van der Waals surface area contributed by atoms with E-state index in [1.54, 1.807) is 0 Å².